The Kier molecular flexibility index (Phi) is 3.53. The molecule has 0 amide bonds. The second-order valence-electron chi connectivity index (χ2n) is 5.84. The maximum Gasteiger partial charge on any atom is 0.252 e. The quantitative estimate of drug-likeness (QED) is 0.719. The van der Waals surface area contributed by atoms with Crippen molar-refractivity contribution in [1.82, 2.24) is 29.7 Å². The first kappa shape index (κ1) is 14.3. The minimum absolute atomic E-state index is 0.268. The molecule has 0 bridgehead atoms. The van der Waals surface area contributed by atoms with Gasteiger partial charge in [-0.25, -0.2) is 9.50 Å². The number of hydrogen-bond donors (Lipinski definition) is 0. The third-order valence-corrected chi connectivity index (χ3v) is 4.36. The lowest BCUT2D eigenvalue weighted by molar-refractivity contribution is 0.192. The van der Waals surface area contributed by atoms with Gasteiger partial charge in [-0.3, -0.25) is 0 Å². The van der Waals surface area contributed by atoms with Crippen molar-refractivity contribution in [3.8, 4) is 0 Å². The standard InChI is InChI=1S/C15H18N6O2/c1-9-12(10(2)21-15(18-9)16-8-17-21)3-4-13-19-14(20-23-13)11-5-6-22-7-11/h8,11H,3-7H2,1-2H3/t11-/m1/s1. The van der Waals surface area contributed by atoms with Crippen molar-refractivity contribution in [2.45, 2.75) is 39.0 Å². The number of aryl methyl sites for hydroxylation is 3. The molecule has 1 fully saturated rings. The van der Waals surface area contributed by atoms with Crippen molar-refractivity contribution in [2.24, 2.45) is 0 Å². The zero-order valence-corrected chi connectivity index (χ0v) is 13.2. The summed E-state index contributed by atoms with van der Waals surface area (Å²) in [6.07, 6.45) is 3.95. The second-order valence-corrected chi connectivity index (χ2v) is 5.84. The summed E-state index contributed by atoms with van der Waals surface area (Å²) in [5, 5.41) is 8.30. The SMILES string of the molecule is Cc1nc2ncnn2c(C)c1CCc1nc([C@@H]2CCOC2)no1. The summed E-state index contributed by atoms with van der Waals surface area (Å²) in [5.74, 6) is 2.31. The third-order valence-electron chi connectivity index (χ3n) is 4.36. The molecule has 0 aromatic carbocycles. The first-order valence-electron chi connectivity index (χ1n) is 7.78. The second kappa shape index (κ2) is 5.69. The summed E-state index contributed by atoms with van der Waals surface area (Å²) in [6.45, 7) is 5.48. The Bertz CT molecular complexity index is 834. The van der Waals surface area contributed by atoms with E-state index in [1.807, 2.05) is 13.8 Å². The van der Waals surface area contributed by atoms with Gasteiger partial charge in [0.1, 0.15) is 6.33 Å². The van der Waals surface area contributed by atoms with Crippen LogP contribution >= 0.6 is 0 Å². The van der Waals surface area contributed by atoms with Crippen LogP contribution in [-0.4, -0.2) is 42.9 Å². The molecule has 0 N–H and O–H groups in total. The summed E-state index contributed by atoms with van der Waals surface area (Å²) >= 11 is 0. The van der Waals surface area contributed by atoms with Gasteiger partial charge in [0.2, 0.25) is 5.89 Å². The molecule has 1 atom stereocenters. The van der Waals surface area contributed by atoms with E-state index in [9.17, 15) is 0 Å². The van der Waals surface area contributed by atoms with Gasteiger partial charge in [-0.2, -0.15) is 15.1 Å². The van der Waals surface area contributed by atoms with Crippen molar-refractivity contribution in [2.75, 3.05) is 13.2 Å². The van der Waals surface area contributed by atoms with Crippen molar-refractivity contribution < 1.29 is 9.26 Å². The van der Waals surface area contributed by atoms with Crippen LogP contribution in [0.1, 0.15) is 41.0 Å². The molecule has 1 saturated heterocycles. The monoisotopic (exact) mass is 314 g/mol. The summed E-state index contributed by atoms with van der Waals surface area (Å²) in [6, 6.07) is 0. The van der Waals surface area contributed by atoms with Gasteiger partial charge in [0, 0.05) is 30.3 Å². The topological polar surface area (TPSA) is 91.2 Å². The fraction of sp³-hybridized carbons (Fsp3) is 0.533. The Hall–Kier alpha value is -2.35. The van der Waals surface area contributed by atoms with E-state index < -0.39 is 0 Å². The third kappa shape index (κ3) is 2.59. The molecule has 0 spiro atoms. The van der Waals surface area contributed by atoms with Crippen LogP contribution in [0.25, 0.3) is 5.78 Å². The number of fused-ring (bicyclic) bond motifs is 1. The molecule has 4 rings (SSSR count). The highest BCUT2D eigenvalue weighted by Gasteiger charge is 2.23. The summed E-state index contributed by atoms with van der Waals surface area (Å²) in [5.41, 5.74) is 3.16. The summed E-state index contributed by atoms with van der Waals surface area (Å²) < 4.78 is 12.5. The average molecular weight is 314 g/mol. The predicted molar refractivity (Wildman–Crippen MR) is 80.1 cm³/mol. The first-order chi connectivity index (χ1) is 11.2. The highest BCUT2D eigenvalue weighted by molar-refractivity contribution is 5.36. The summed E-state index contributed by atoms with van der Waals surface area (Å²) in [7, 11) is 0. The maximum absolute atomic E-state index is 5.38. The van der Waals surface area contributed by atoms with E-state index >= 15 is 0 Å². The number of ether oxygens (including phenoxy) is 1. The average Bonchev–Trinajstić information content (AvgIpc) is 3.27. The van der Waals surface area contributed by atoms with Crippen LogP contribution in [-0.2, 0) is 17.6 Å². The van der Waals surface area contributed by atoms with Crippen LogP contribution in [0.15, 0.2) is 10.9 Å². The van der Waals surface area contributed by atoms with Gasteiger partial charge in [-0.1, -0.05) is 5.16 Å². The largest absolute Gasteiger partial charge is 0.381 e. The van der Waals surface area contributed by atoms with Gasteiger partial charge in [0.15, 0.2) is 5.82 Å². The van der Waals surface area contributed by atoms with Gasteiger partial charge in [0.25, 0.3) is 5.78 Å². The molecule has 8 nitrogen and oxygen atoms in total. The van der Waals surface area contributed by atoms with Crippen LogP contribution < -0.4 is 0 Å². The van der Waals surface area contributed by atoms with Gasteiger partial charge in [-0.15, -0.1) is 0 Å². The highest BCUT2D eigenvalue weighted by Crippen LogP contribution is 2.23. The van der Waals surface area contributed by atoms with Crippen molar-refractivity contribution in [3.05, 3.63) is 35.0 Å². The molecule has 120 valence electrons. The molecule has 23 heavy (non-hydrogen) atoms. The Labute approximate surface area is 132 Å². The molecule has 1 aliphatic rings. The van der Waals surface area contributed by atoms with Crippen molar-refractivity contribution in [3.63, 3.8) is 0 Å². The molecular formula is C15H18N6O2. The van der Waals surface area contributed by atoms with Crippen LogP contribution in [0.3, 0.4) is 0 Å². The van der Waals surface area contributed by atoms with E-state index in [0.717, 1.165) is 42.2 Å². The zero-order chi connectivity index (χ0) is 15.8. The smallest absolute Gasteiger partial charge is 0.252 e. The van der Waals surface area contributed by atoms with E-state index in [2.05, 4.69) is 25.2 Å². The van der Waals surface area contributed by atoms with Gasteiger partial charge in [0.05, 0.1) is 6.61 Å². The molecule has 3 aromatic heterocycles. The molecular weight excluding hydrogens is 296 g/mol. The van der Waals surface area contributed by atoms with Crippen LogP contribution in [0.5, 0.6) is 0 Å². The predicted octanol–water partition coefficient (Wildman–Crippen LogP) is 1.41. The highest BCUT2D eigenvalue weighted by atomic mass is 16.5. The zero-order valence-electron chi connectivity index (χ0n) is 13.2. The van der Waals surface area contributed by atoms with Gasteiger partial charge < -0.3 is 9.26 Å². The molecule has 3 aromatic rings. The molecule has 0 saturated carbocycles. The molecule has 0 unspecified atom stereocenters. The molecule has 1 aliphatic heterocycles. The number of hydrogen-bond acceptors (Lipinski definition) is 7. The Morgan fingerprint density at radius 3 is 3.00 bits per heavy atom. The van der Waals surface area contributed by atoms with E-state index in [4.69, 9.17) is 9.26 Å². The van der Waals surface area contributed by atoms with E-state index in [1.165, 1.54) is 6.33 Å². The fourth-order valence-electron chi connectivity index (χ4n) is 3.02. The fourth-order valence-corrected chi connectivity index (χ4v) is 3.02. The lowest BCUT2D eigenvalue weighted by Crippen LogP contribution is -2.07. The van der Waals surface area contributed by atoms with Gasteiger partial charge in [-0.05, 0) is 32.3 Å². The normalized spacial score (nSPS) is 18.1. The number of rotatable bonds is 4. The molecule has 0 radical (unpaired) electrons. The lowest BCUT2D eigenvalue weighted by Gasteiger charge is -2.08. The Balaban J connectivity index is 1.52. The molecule has 0 aliphatic carbocycles. The number of nitrogens with zero attached hydrogens (tertiary/aromatic N) is 6. The van der Waals surface area contributed by atoms with Crippen molar-refractivity contribution in [1.29, 1.82) is 0 Å². The number of aromatic nitrogens is 6. The van der Waals surface area contributed by atoms with Crippen molar-refractivity contribution >= 4 is 5.78 Å². The summed E-state index contributed by atoms with van der Waals surface area (Å²) in [4.78, 5) is 13.1. The molecule has 4 heterocycles. The molecule has 8 heteroatoms. The lowest BCUT2D eigenvalue weighted by atomic mass is 10.1. The van der Waals surface area contributed by atoms with E-state index in [0.29, 0.717) is 24.7 Å². The minimum Gasteiger partial charge on any atom is -0.381 e. The Morgan fingerprint density at radius 1 is 1.26 bits per heavy atom. The van der Waals surface area contributed by atoms with Crippen LogP contribution in [0.4, 0.5) is 0 Å². The minimum atomic E-state index is 0.268. The Morgan fingerprint density at radius 2 is 2.17 bits per heavy atom. The van der Waals surface area contributed by atoms with Gasteiger partial charge >= 0.3 is 0 Å². The van der Waals surface area contributed by atoms with E-state index in [-0.39, 0.29) is 5.92 Å². The van der Waals surface area contributed by atoms with E-state index in [1.54, 1.807) is 4.52 Å². The maximum atomic E-state index is 5.38. The first-order valence-corrected chi connectivity index (χ1v) is 7.78. The van der Waals surface area contributed by atoms with Crippen LogP contribution in [0.2, 0.25) is 0 Å². The van der Waals surface area contributed by atoms with Crippen LogP contribution in [0, 0.1) is 13.8 Å².